The molecular formula is C16H15O3. The zero-order valence-electron chi connectivity index (χ0n) is 10.9. The highest BCUT2D eigenvalue weighted by molar-refractivity contribution is 5.96. The van der Waals surface area contributed by atoms with Crippen LogP contribution >= 0.6 is 0 Å². The summed E-state index contributed by atoms with van der Waals surface area (Å²) in [5, 5.41) is 0. The number of hydrogen-bond donors (Lipinski definition) is 0. The average molecular weight is 255 g/mol. The Labute approximate surface area is 112 Å². The Bertz CT molecular complexity index is 547. The van der Waals surface area contributed by atoms with Gasteiger partial charge in [0.2, 0.25) is 0 Å². The van der Waals surface area contributed by atoms with E-state index in [1.54, 1.807) is 26.0 Å². The van der Waals surface area contributed by atoms with Crippen molar-refractivity contribution >= 4 is 5.97 Å². The van der Waals surface area contributed by atoms with Crippen LogP contribution in [-0.4, -0.2) is 5.97 Å². The van der Waals surface area contributed by atoms with Gasteiger partial charge < -0.3 is 0 Å². The zero-order valence-corrected chi connectivity index (χ0v) is 10.9. The molecule has 0 unspecified atom stereocenters. The molecule has 0 aliphatic rings. The summed E-state index contributed by atoms with van der Waals surface area (Å²) in [6.07, 6.45) is 0.575. The molecular weight excluding hydrogens is 240 g/mol. The number of carbonyl (C=O) groups is 1. The van der Waals surface area contributed by atoms with Gasteiger partial charge in [-0.15, -0.1) is 0 Å². The topological polar surface area (TPSA) is 35.5 Å². The molecule has 0 saturated heterocycles. The first-order chi connectivity index (χ1) is 9.18. The van der Waals surface area contributed by atoms with Crippen LogP contribution in [0.25, 0.3) is 11.1 Å². The molecule has 0 spiro atoms. The van der Waals surface area contributed by atoms with Gasteiger partial charge in [0.25, 0.3) is 0 Å². The summed E-state index contributed by atoms with van der Waals surface area (Å²) in [5.41, 5.74) is 2.27. The molecule has 3 heteroatoms. The monoisotopic (exact) mass is 255 g/mol. The average Bonchev–Trinajstić information content (AvgIpc) is 2.45. The molecule has 0 amide bonds. The molecule has 2 aromatic carbocycles. The molecule has 0 heterocycles. The van der Waals surface area contributed by atoms with Crippen LogP contribution in [0.2, 0.25) is 0 Å². The lowest BCUT2D eigenvalue weighted by Gasteiger charge is -2.09. The van der Waals surface area contributed by atoms with E-state index >= 15 is 0 Å². The van der Waals surface area contributed by atoms with Gasteiger partial charge in [0.15, 0.2) is 0 Å². The quantitative estimate of drug-likeness (QED) is 0.611. The third kappa shape index (κ3) is 3.42. The van der Waals surface area contributed by atoms with Crippen LogP contribution in [0.15, 0.2) is 54.6 Å². The molecule has 0 aromatic heterocycles. The first-order valence-corrected chi connectivity index (χ1v) is 6.02. The molecule has 0 atom stereocenters. The van der Waals surface area contributed by atoms with Crippen molar-refractivity contribution in [3.05, 3.63) is 66.3 Å². The van der Waals surface area contributed by atoms with E-state index in [2.05, 4.69) is 0 Å². The first-order valence-electron chi connectivity index (χ1n) is 6.02. The zero-order chi connectivity index (χ0) is 13.7. The minimum atomic E-state index is -0.499. The van der Waals surface area contributed by atoms with E-state index < -0.39 is 5.97 Å². The third-order valence-electron chi connectivity index (χ3n) is 2.52. The predicted molar refractivity (Wildman–Crippen MR) is 73.0 cm³/mol. The largest absolute Gasteiger partial charge is 0.373 e. The van der Waals surface area contributed by atoms with E-state index in [0.717, 1.165) is 11.1 Å². The Kier molecular flexibility index (Phi) is 4.31. The van der Waals surface area contributed by atoms with Crippen molar-refractivity contribution in [3.63, 3.8) is 0 Å². The maximum Gasteiger partial charge on any atom is 0.373 e. The maximum absolute atomic E-state index is 12.0. The highest BCUT2D eigenvalue weighted by atomic mass is 17.2. The number of carbonyl (C=O) groups excluding carboxylic acids is 1. The Morgan fingerprint density at radius 2 is 1.47 bits per heavy atom. The van der Waals surface area contributed by atoms with E-state index in [9.17, 15) is 4.79 Å². The minimum Gasteiger partial charge on any atom is -0.292 e. The summed E-state index contributed by atoms with van der Waals surface area (Å²) in [4.78, 5) is 21.6. The third-order valence-corrected chi connectivity index (χ3v) is 2.52. The van der Waals surface area contributed by atoms with Gasteiger partial charge in [-0.2, -0.15) is 4.89 Å². The second-order valence-corrected chi connectivity index (χ2v) is 4.27. The molecule has 3 nitrogen and oxygen atoms in total. The van der Waals surface area contributed by atoms with Crippen LogP contribution in [-0.2, 0) is 9.78 Å². The second kappa shape index (κ2) is 6.16. The lowest BCUT2D eigenvalue weighted by molar-refractivity contribution is -0.229. The van der Waals surface area contributed by atoms with Crippen molar-refractivity contribution < 1.29 is 14.6 Å². The highest BCUT2D eigenvalue weighted by Crippen LogP contribution is 2.24. The van der Waals surface area contributed by atoms with Crippen LogP contribution in [0.3, 0.4) is 0 Å². The molecule has 19 heavy (non-hydrogen) atoms. The standard InChI is InChI=1S/C16H15O3/c1-12(2)18-19-16(17)15-11-7-6-10-14(15)13-8-4-3-5-9-13/h3-11H,1-2H3. The fourth-order valence-corrected chi connectivity index (χ4v) is 1.70. The smallest absolute Gasteiger partial charge is 0.292 e. The molecule has 1 radical (unpaired) electrons. The van der Waals surface area contributed by atoms with Crippen molar-refractivity contribution in [2.24, 2.45) is 0 Å². The number of hydrogen-bond acceptors (Lipinski definition) is 3. The van der Waals surface area contributed by atoms with Crippen LogP contribution in [0.1, 0.15) is 24.2 Å². The molecule has 0 aliphatic heterocycles. The molecule has 0 saturated carbocycles. The summed E-state index contributed by atoms with van der Waals surface area (Å²) in [5.74, 6) is -0.499. The van der Waals surface area contributed by atoms with E-state index in [1.165, 1.54) is 0 Å². The minimum absolute atomic E-state index is 0.481. The molecule has 2 rings (SSSR count). The van der Waals surface area contributed by atoms with Crippen LogP contribution in [0.5, 0.6) is 0 Å². The summed E-state index contributed by atoms with van der Waals surface area (Å²) in [6, 6.07) is 17.0. The normalized spacial score (nSPS) is 10.5. The van der Waals surface area contributed by atoms with Crippen molar-refractivity contribution in [2.75, 3.05) is 0 Å². The van der Waals surface area contributed by atoms with Gasteiger partial charge in [-0.3, -0.25) is 4.89 Å². The molecule has 0 aliphatic carbocycles. The van der Waals surface area contributed by atoms with Crippen LogP contribution in [0, 0.1) is 6.10 Å². The van der Waals surface area contributed by atoms with Gasteiger partial charge in [0.05, 0.1) is 5.56 Å². The molecule has 97 valence electrons. The van der Waals surface area contributed by atoms with Crippen molar-refractivity contribution in [3.8, 4) is 11.1 Å². The first kappa shape index (κ1) is 13.3. The van der Waals surface area contributed by atoms with E-state index in [0.29, 0.717) is 11.7 Å². The lowest BCUT2D eigenvalue weighted by Crippen LogP contribution is -2.08. The summed E-state index contributed by atoms with van der Waals surface area (Å²) in [7, 11) is 0. The van der Waals surface area contributed by atoms with Crippen molar-refractivity contribution in [1.82, 2.24) is 0 Å². The van der Waals surface area contributed by atoms with Crippen molar-refractivity contribution in [2.45, 2.75) is 13.8 Å². The Morgan fingerprint density at radius 1 is 0.842 bits per heavy atom. The lowest BCUT2D eigenvalue weighted by atomic mass is 10.00. The highest BCUT2D eigenvalue weighted by Gasteiger charge is 2.15. The van der Waals surface area contributed by atoms with Gasteiger partial charge in [-0.25, -0.2) is 4.79 Å². The van der Waals surface area contributed by atoms with Gasteiger partial charge >= 0.3 is 5.97 Å². The Balaban J connectivity index is 2.29. The van der Waals surface area contributed by atoms with E-state index in [-0.39, 0.29) is 0 Å². The van der Waals surface area contributed by atoms with Gasteiger partial charge in [-0.1, -0.05) is 48.5 Å². The second-order valence-electron chi connectivity index (χ2n) is 4.27. The Hall–Kier alpha value is -2.13. The number of benzene rings is 2. The van der Waals surface area contributed by atoms with Crippen LogP contribution in [0.4, 0.5) is 0 Å². The molecule has 0 bridgehead atoms. The maximum atomic E-state index is 12.0. The fraction of sp³-hybridized carbons (Fsp3) is 0.125. The molecule has 0 fully saturated rings. The summed E-state index contributed by atoms with van der Waals surface area (Å²) >= 11 is 0. The predicted octanol–water partition coefficient (Wildman–Crippen LogP) is 4.01. The van der Waals surface area contributed by atoms with E-state index in [4.69, 9.17) is 9.78 Å². The van der Waals surface area contributed by atoms with E-state index in [1.807, 2.05) is 42.5 Å². The molecule has 2 aromatic rings. The summed E-state index contributed by atoms with van der Waals surface area (Å²) < 4.78 is 0. The van der Waals surface area contributed by atoms with Crippen molar-refractivity contribution in [1.29, 1.82) is 0 Å². The molecule has 0 N–H and O–H groups in total. The van der Waals surface area contributed by atoms with Crippen LogP contribution < -0.4 is 0 Å². The summed E-state index contributed by atoms with van der Waals surface area (Å²) in [6.45, 7) is 3.44. The van der Waals surface area contributed by atoms with Gasteiger partial charge in [0, 0.05) is 0 Å². The SMILES string of the molecule is C[C](C)OOC(=O)c1ccccc1-c1ccccc1. The van der Waals surface area contributed by atoms with Gasteiger partial charge in [-0.05, 0) is 31.0 Å². The Morgan fingerprint density at radius 3 is 2.16 bits per heavy atom. The fourth-order valence-electron chi connectivity index (χ4n) is 1.70. The van der Waals surface area contributed by atoms with Gasteiger partial charge in [0.1, 0.15) is 6.10 Å². The number of rotatable bonds is 4.